The molecule has 0 unspecified atom stereocenters. The average Bonchev–Trinajstić information content (AvgIpc) is 1.67. The van der Waals surface area contributed by atoms with Crippen molar-refractivity contribution in [1.29, 1.82) is 0 Å². The number of likely N-dealkylation sites (tertiary alicyclic amines) is 2. The molecule has 0 spiro atoms. The first kappa shape index (κ1) is 93.1. The number of aliphatic carboxylic acids is 1. The number of carbonyl (C=O) groups excluding carboxylic acids is 13. The Hall–Kier alpha value is -7.98. The minimum atomic E-state index is -1.72. The van der Waals surface area contributed by atoms with Gasteiger partial charge >= 0.3 is 5.97 Å². The summed E-state index contributed by atoms with van der Waals surface area (Å²) >= 11 is 0. The minimum absolute atomic E-state index is 0.0105. The summed E-state index contributed by atoms with van der Waals surface area (Å²) in [7, 11) is 0. The number of nitrogens with two attached hydrogens (primary N) is 7. The molecule has 0 bridgehead atoms. The van der Waals surface area contributed by atoms with Crippen molar-refractivity contribution in [2.45, 2.75) is 253 Å². The predicted octanol–water partition coefficient (Wildman–Crippen LogP) is -14.2. The number of nitrogens with one attached hydrogen (secondary N) is 13. The number of nitrogens with zero attached hydrogens (tertiary/aromatic N) is 2. The lowest BCUT2D eigenvalue weighted by Gasteiger charge is -2.32. The molecule has 2 aliphatic rings. The number of aliphatic hydroxyl groups is 1. The Morgan fingerprint density at radius 1 is 0.448 bits per heavy atom. The van der Waals surface area contributed by atoms with E-state index in [-0.39, 0.29) is 116 Å². The maximum atomic E-state index is 14.5. The number of carbonyl (C=O) groups is 14. The highest BCUT2D eigenvalue weighted by atomic mass is 16.4. The summed E-state index contributed by atoms with van der Waals surface area (Å²) in [5.74, 6) is -11.3. The highest BCUT2D eigenvalue weighted by molar-refractivity contribution is 5.99. The Balaban J connectivity index is 2.29. The van der Waals surface area contributed by atoms with Crippen LogP contribution < -0.4 is 132 Å². The van der Waals surface area contributed by atoms with Crippen molar-refractivity contribution >= 4 is 82.8 Å². The van der Waals surface area contributed by atoms with Gasteiger partial charge in [0.05, 0.1) is 32.3 Å². The molecular weight excluding hydrogens is 1380 g/mol. The summed E-state index contributed by atoms with van der Waals surface area (Å²) in [6, 6.07) is -15.1. The monoisotopic (exact) mass is 1500 g/mol. The molecule has 0 aromatic heterocycles. The number of amides is 13. The molecule has 42 heteroatoms. The van der Waals surface area contributed by atoms with Crippen LogP contribution >= 0.6 is 0 Å². The third kappa shape index (κ3) is 35.8. The molecule has 2 heterocycles. The fourth-order valence-electron chi connectivity index (χ4n) is 11.7. The lowest BCUT2D eigenvalue weighted by atomic mass is 10.0. The van der Waals surface area contributed by atoms with Crippen molar-refractivity contribution in [2.24, 2.45) is 40.1 Å². The summed E-state index contributed by atoms with van der Waals surface area (Å²) in [5.41, 5.74) is 54.5. The van der Waals surface area contributed by atoms with Crippen LogP contribution in [0.25, 0.3) is 0 Å². The number of carboxylic acids is 1. The van der Waals surface area contributed by atoms with Crippen LogP contribution in [0.4, 0.5) is 0 Å². The van der Waals surface area contributed by atoms with Gasteiger partial charge < -0.3 is 136 Å². The van der Waals surface area contributed by atoms with Crippen LogP contribution in [0.3, 0.4) is 0 Å². The topological polar surface area (TPSA) is 735 Å². The minimum Gasteiger partial charge on any atom is -0.480 e. The molecule has 2 rings (SSSR count). The first-order chi connectivity index (χ1) is 49.7. The van der Waals surface area contributed by atoms with Crippen molar-refractivity contribution in [3.63, 3.8) is 0 Å². The largest absolute Gasteiger partial charge is 0.480 e. The van der Waals surface area contributed by atoms with E-state index >= 15 is 0 Å². The number of rotatable bonds is 54. The van der Waals surface area contributed by atoms with Crippen LogP contribution in [0.5, 0.6) is 0 Å². The highest BCUT2D eigenvalue weighted by Crippen LogP contribution is 2.26. The molecule has 0 aromatic rings. The van der Waals surface area contributed by atoms with Crippen LogP contribution in [-0.4, -0.2) is 259 Å². The van der Waals surface area contributed by atoms with E-state index in [2.05, 4.69) is 92.1 Å². The molecule has 105 heavy (non-hydrogen) atoms. The van der Waals surface area contributed by atoms with Gasteiger partial charge in [0.15, 0.2) is 6.04 Å². The number of aliphatic hydroxyl groups excluding tert-OH is 1. The van der Waals surface area contributed by atoms with Crippen LogP contribution in [0, 0.1) is 0 Å². The van der Waals surface area contributed by atoms with Crippen LogP contribution in [0.1, 0.15) is 156 Å². The number of unbranched alkanes of at least 4 members (excludes halogenated alkanes) is 3. The normalized spacial score (nSPS) is 17.5. The number of quaternary nitrogens is 4. The Kier molecular flexibility index (Phi) is 44.8. The maximum Gasteiger partial charge on any atom is 0.326 e. The summed E-state index contributed by atoms with van der Waals surface area (Å²) < 4.78 is 0. The summed E-state index contributed by atoms with van der Waals surface area (Å²) in [6.07, 6.45) is 0.619. The molecule has 0 saturated carbocycles. The van der Waals surface area contributed by atoms with Crippen LogP contribution in [0.2, 0.25) is 0 Å². The lowest BCUT2D eigenvalue weighted by molar-refractivity contribution is -0.405. The molecule has 600 valence electrons. The molecular formula is C63H126N26O16+4. The molecule has 2 fully saturated rings. The Morgan fingerprint density at radius 3 is 1.23 bits per heavy atom. The molecule has 2 saturated heterocycles. The van der Waals surface area contributed by atoms with Gasteiger partial charge in [-0.05, 0) is 162 Å². The Bertz CT molecular complexity index is 2790. The average molecular weight is 1500 g/mol. The van der Waals surface area contributed by atoms with Gasteiger partial charge in [0.25, 0.3) is 5.91 Å². The van der Waals surface area contributed by atoms with Crippen molar-refractivity contribution in [3.8, 4) is 0 Å². The number of hydrogen-bond donors (Lipinski definition) is 26. The zero-order valence-corrected chi connectivity index (χ0v) is 61.3. The molecule has 13 atom stereocenters. The molecule has 41 N–H and O–H groups in total. The van der Waals surface area contributed by atoms with Gasteiger partial charge in [-0.1, -0.05) is 0 Å². The van der Waals surface area contributed by atoms with Crippen molar-refractivity contribution in [2.75, 3.05) is 58.9 Å². The zero-order valence-electron chi connectivity index (χ0n) is 61.3. The van der Waals surface area contributed by atoms with Gasteiger partial charge in [0.1, 0.15) is 85.3 Å². The van der Waals surface area contributed by atoms with Gasteiger partial charge in [0, 0.05) is 25.9 Å². The third-order valence-corrected chi connectivity index (χ3v) is 17.7. The molecule has 2 aliphatic heterocycles. The van der Waals surface area contributed by atoms with Crippen LogP contribution in [0.15, 0.2) is 0 Å². The fourth-order valence-corrected chi connectivity index (χ4v) is 11.7. The predicted molar refractivity (Wildman–Crippen MR) is 379 cm³/mol. The molecule has 0 aliphatic carbocycles. The molecule has 13 amide bonds. The third-order valence-electron chi connectivity index (χ3n) is 17.7. The van der Waals surface area contributed by atoms with Crippen LogP contribution in [-0.2, 0) is 67.1 Å². The highest BCUT2D eigenvalue weighted by Gasteiger charge is 2.44. The second kappa shape index (κ2) is 50.5. The fraction of sp³-hybridized carbons (Fsp3) is 0.778. The van der Waals surface area contributed by atoms with Crippen molar-refractivity contribution in [1.82, 2.24) is 78.9 Å². The first-order valence-corrected chi connectivity index (χ1v) is 36.4. The van der Waals surface area contributed by atoms with Gasteiger partial charge in [-0.25, -0.2) is 4.79 Å². The van der Waals surface area contributed by atoms with Gasteiger partial charge in [-0.2, -0.15) is 0 Å². The number of carboxylic acid groups (broad SMARTS) is 1. The number of hydrogen-bond acceptors (Lipinski definition) is 24. The van der Waals surface area contributed by atoms with E-state index in [1.165, 1.54) is 30.6 Å². The van der Waals surface area contributed by atoms with Crippen molar-refractivity contribution in [3.05, 3.63) is 0 Å². The smallest absolute Gasteiger partial charge is 0.326 e. The van der Waals surface area contributed by atoms with E-state index in [9.17, 15) is 77.3 Å². The zero-order chi connectivity index (χ0) is 78.9. The maximum absolute atomic E-state index is 14.5. The van der Waals surface area contributed by atoms with Gasteiger partial charge in [-0.3, -0.25) is 78.3 Å². The standard InChI is InChI=1S/C63H122N26O16/c1-34(79-57(101)48(36(3)90)87-47(92)33-78-56(100)44-21-13-31-88(44)59(103)45-22-14-32-89(45)58(102)35(2)80-51(95)38(15-4-7-25-64)82-50(94)37(67)23-24-46(68)91)49(93)81-40(18-10-28-75-61(69)70)53(97)84-41(19-11-29-76-62(71)72)54(98)83-39(16-5-8-26-65)52(96)85-42(20-12-30-77-63(73)74)55(99)86-43(60(104)105)17-6-9-27-66/h34-45,48,61-63,75-77,90H,4-33,64-67,69-74H2,1-3H3,(H2,68,91)(H,78,100)(H,79,101)(H,80,95)(H,81,93)(H,82,94)(H,83,98)(H,84,97)(H,85,96)(H,86,99)(H,87,92)(H,104,105)/p+4/t34-,35-,36+,37-,38-,39-,40-,41-,42-,43-,44-,45-,48-/m0/s1. The quantitative estimate of drug-likeness (QED) is 0.0199. The SMILES string of the molecule is C[C@H](NC(=O)[C@@H](NC(=O)CNC(=O)[C@@H]1CCCN1C(=O)[C@@H]1CCCN1C(=O)[C@H](C)NC(=O)[C@H](CCCC[NH3+])NC(=O)[C@@H]([NH3+])CCC(N)=O)[C@@H](C)O)C(=O)N[C@@H](CCCNC(N)N)C(=O)N[C@@H](CCCNC(N)N)C(=O)N[C@@H](CCCC[NH3+])C(=O)N[C@@H](CCCNC(N)N)C(=O)N[C@@H](CCCC[NH3+])C(=O)O. The molecule has 0 aromatic carbocycles. The van der Waals surface area contributed by atoms with Crippen molar-refractivity contribution < 1.29 is 100 Å². The second-order valence-electron chi connectivity index (χ2n) is 26.7. The number of primary amides is 1. The summed E-state index contributed by atoms with van der Waals surface area (Å²) in [6.45, 7) is 5.52. The second-order valence-corrected chi connectivity index (χ2v) is 26.7. The van der Waals surface area contributed by atoms with E-state index in [4.69, 9.17) is 40.1 Å². The van der Waals surface area contributed by atoms with Gasteiger partial charge in [-0.15, -0.1) is 0 Å². The van der Waals surface area contributed by atoms with E-state index in [1.807, 2.05) is 0 Å². The van der Waals surface area contributed by atoms with Gasteiger partial charge in [0.2, 0.25) is 70.9 Å². The lowest BCUT2D eigenvalue weighted by Crippen LogP contribution is -2.69. The van der Waals surface area contributed by atoms with E-state index in [0.29, 0.717) is 71.0 Å². The first-order valence-electron chi connectivity index (χ1n) is 36.4. The van der Waals surface area contributed by atoms with E-state index in [0.717, 1.165) is 0 Å². The Morgan fingerprint density at radius 2 is 0.819 bits per heavy atom. The van der Waals surface area contributed by atoms with E-state index in [1.54, 1.807) is 0 Å². The summed E-state index contributed by atoms with van der Waals surface area (Å²) in [4.78, 5) is 193. The van der Waals surface area contributed by atoms with E-state index < -0.39 is 187 Å². The summed E-state index contributed by atoms with van der Waals surface area (Å²) in [5, 5.41) is 54.8. The molecule has 42 nitrogen and oxygen atoms in total. The Labute approximate surface area is 612 Å². The molecule has 0 radical (unpaired) electrons.